The summed E-state index contributed by atoms with van der Waals surface area (Å²) in [6.45, 7) is 5.95. The van der Waals surface area contributed by atoms with Crippen molar-refractivity contribution in [2.75, 3.05) is 12.4 Å². The fraction of sp³-hybridized carbons (Fsp3) is 0.588. The van der Waals surface area contributed by atoms with Gasteiger partial charge in [-0.25, -0.2) is 9.59 Å². The number of carboxylic acid groups (broad SMARTS) is 1. The number of hydrogen-bond donors (Lipinski definition) is 2. The lowest BCUT2D eigenvalue weighted by molar-refractivity contribution is -0.149. The van der Waals surface area contributed by atoms with Crippen molar-refractivity contribution in [3.63, 3.8) is 0 Å². The van der Waals surface area contributed by atoms with Gasteiger partial charge in [-0.05, 0) is 27.7 Å². The summed E-state index contributed by atoms with van der Waals surface area (Å²) in [7, 11) is 0. The molecule has 2 amide bonds. The molecule has 2 heterocycles. The molecule has 2 aliphatic heterocycles. The molecule has 0 aromatic carbocycles. The third kappa shape index (κ3) is 5.03. The van der Waals surface area contributed by atoms with Crippen LogP contribution in [0.2, 0.25) is 0 Å². The number of aliphatic carboxylic acids is 1. The van der Waals surface area contributed by atoms with Crippen LogP contribution in [0, 0.1) is 0 Å². The van der Waals surface area contributed by atoms with Crippen LogP contribution in [0.5, 0.6) is 0 Å². The molecule has 2 N–H and O–H groups in total. The molecule has 0 bridgehead atoms. The molecular weight excluding hydrogens is 392 g/mol. The summed E-state index contributed by atoms with van der Waals surface area (Å²) >= 11 is 1.23. The number of Topliss-reactive ketones (excluding diaryl/α,β-unsaturated/α-hetero) is 1. The molecule has 1 fully saturated rings. The standard InChI is InChI=1S/C17H22N2O8S/c1-8(20)5-10(21)26-6-9-7-28-14-11(18-16(25)27-17(2,3)4)13(22)19(14)12(9)15(23)24/h11,14H,5-7H2,1-4H3,(H,18,25)(H,23,24)/t11-,14-/m1/s1. The minimum Gasteiger partial charge on any atom is -0.477 e. The van der Waals surface area contributed by atoms with Gasteiger partial charge in [-0.2, -0.15) is 0 Å². The highest BCUT2D eigenvalue weighted by atomic mass is 32.2. The van der Waals surface area contributed by atoms with E-state index >= 15 is 0 Å². The molecule has 11 heteroatoms. The summed E-state index contributed by atoms with van der Waals surface area (Å²) in [4.78, 5) is 59.5. The van der Waals surface area contributed by atoms with E-state index in [1.54, 1.807) is 20.8 Å². The normalized spacial score (nSPS) is 21.4. The van der Waals surface area contributed by atoms with Gasteiger partial charge < -0.3 is 19.9 Å². The van der Waals surface area contributed by atoms with E-state index in [1.165, 1.54) is 18.7 Å². The number of hydrogen-bond acceptors (Lipinski definition) is 8. The number of carbonyl (C=O) groups is 5. The number of ether oxygens (including phenoxy) is 2. The van der Waals surface area contributed by atoms with E-state index < -0.39 is 47.4 Å². The molecule has 2 aliphatic rings. The van der Waals surface area contributed by atoms with Gasteiger partial charge in [0, 0.05) is 11.3 Å². The zero-order valence-electron chi connectivity index (χ0n) is 15.9. The van der Waals surface area contributed by atoms with Gasteiger partial charge in [-0.1, -0.05) is 0 Å². The zero-order chi connectivity index (χ0) is 21.2. The lowest BCUT2D eigenvalue weighted by atomic mass is 10.0. The number of thioether (sulfide) groups is 1. The molecule has 10 nitrogen and oxygen atoms in total. The minimum atomic E-state index is -1.34. The van der Waals surface area contributed by atoms with Crippen molar-refractivity contribution in [1.82, 2.24) is 10.2 Å². The summed E-state index contributed by atoms with van der Waals surface area (Å²) < 4.78 is 10.1. The first-order valence-electron chi connectivity index (χ1n) is 8.45. The molecule has 28 heavy (non-hydrogen) atoms. The van der Waals surface area contributed by atoms with Gasteiger partial charge in [0.1, 0.15) is 41.5 Å². The highest BCUT2D eigenvalue weighted by molar-refractivity contribution is 8.00. The lowest BCUT2D eigenvalue weighted by Crippen LogP contribution is -2.70. The highest BCUT2D eigenvalue weighted by Crippen LogP contribution is 2.40. The largest absolute Gasteiger partial charge is 0.477 e. The Morgan fingerprint density at radius 3 is 2.46 bits per heavy atom. The van der Waals surface area contributed by atoms with Crippen LogP contribution in [0.25, 0.3) is 0 Å². The number of alkyl carbamates (subject to hydrolysis) is 1. The summed E-state index contributed by atoms with van der Waals surface area (Å²) in [5.41, 5.74) is -0.763. The second-order valence-electron chi connectivity index (χ2n) is 7.33. The average molecular weight is 414 g/mol. The van der Waals surface area contributed by atoms with Gasteiger partial charge in [0.2, 0.25) is 0 Å². The number of carbonyl (C=O) groups excluding carboxylic acids is 4. The SMILES string of the molecule is CC(=O)CC(=O)OCC1=C(C(=O)O)N2C(=O)[C@@H](NC(=O)OC(C)(C)C)[C@H]2SC1. The minimum absolute atomic E-state index is 0.190. The van der Waals surface area contributed by atoms with Gasteiger partial charge in [0.15, 0.2) is 0 Å². The van der Waals surface area contributed by atoms with E-state index in [0.29, 0.717) is 0 Å². The zero-order valence-corrected chi connectivity index (χ0v) is 16.8. The number of fused-ring (bicyclic) bond motifs is 1. The molecule has 0 aliphatic carbocycles. The third-order valence-corrected chi connectivity index (χ3v) is 5.06. The van der Waals surface area contributed by atoms with Crippen LogP contribution < -0.4 is 5.32 Å². The van der Waals surface area contributed by atoms with Crippen molar-refractivity contribution < 1.29 is 38.6 Å². The van der Waals surface area contributed by atoms with Crippen molar-refractivity contribution >= 4 is 41.5 Å². The van der Waals surface area contributed by atoms with E-state index in [1.807, 2.05) is 0 Å². The number of β-lactam (4-membered cyclic amide) rings is 1. The van der Waals surface area contributed by atoms with Crippen LogP contribution in [0.3, 0.4) is 0 Å². The molecule has 2 atom stereocenters. The summed E-state index contributed by atoms with van der Waals surface area (Å²) in [6.07, 6.45) is -1.17. The first-order chi connectivity index (χ1) is 12.9. The Morgan fingerprint density at radius 2 is 1.93 bits per heavy atom. The number of ketones is 1. The Balaban J connectivity index is 2.08. The second kappa shape index (κ2) is 8.21. The van der Waals surface area contributed by atoms with Crippen LogP contribution in [-0.2, 0) is 28.7 Å². The van der Waals surface area contributed by atoms with Gasteiger partial charge in [-0.15, -0.1) is 11.8 Å². The molecule has 0 spiro atoms. The van der Waals surface area contributed by atoms with Crippen molar-refractivity contribution in [3.8, 4) is 0 Å². The van der Waals surface area contributed by atoms with Gasteiger partial charge in [0.25, 0.3) is 5.91 Å². The molecule has 154 valence electrons. The summed E-state index contributed by atoms with van der Waals surface area (Å²) in [5.74, 6) is -2.88. The summed E-state index contributed by atoms with van der Waals surface area (Å²) in [5, 5.41) is 11.4. The first-order valence-corrected chi connectivity index (χ1v) is 9.50. The van der Waals surface area contributed by atoms with Crippen LogP contribution in [-0.4, -0.2) is 69.1 Å². The topological polar surface area (TPSA) is 139 Å². The predicted octanol–water partition coefficient (Wildman–Crippen LogP) is 0.656. The van der Waals surface area contributed by atoms with E-state index in [9.17, 15) is 29.1 Å². The molecular formula is C17H22N2O8S. The Kier molecular flexibility index (Phi) is 6.37. The van der Waals surface area contributed by atoms with Crippen LogP contribution >= 0.6 is 11.8 Å². The van der Waals surface area contributed by atoms with E-state index in [0.717, 1.165) is 4.90 Å². The average Bonchev–Trinajstić information content (AvgIpc) is 2.54. The Hall–Kier alpha value is -2.56. The molecule has 0 aromatic heterocycles. The second-order valence-corrected chi connectivity index (χ2v) is 8.44. The first kappa shape index (κ1) is 21.7. The lowest BCUT2D eigenvalue weighted by Gasteiger charge is -2.49. The predicted molar refractivity (Wildman–Crippen MR) is 97.2 cm³/mol. The quantitative estimate of drug-likeness (QED) is 0.364. The number of carboxylic acids is 1. The van der Waals surface area contributed by atoms with Crippen molar-refractivity contribution in [2.24, 2.45) is 0 Å². The maximum Gasteiger partial charge on any atom is 0.408 e. The Labute approximate surface area is 165 Å². The third-order valence-electron chi connectivity index (χ3n) is 3.72. The van der Waals surface area contributed by atoms with Gasteiger partial charge in [0.05, 0.1) is 0 Å². The van der Waals surface area contributed by atoms with Crippen LogP contribution in [0.1, 0.15) is 34.1 Å². The fourth-order valence-corrected chi connectivity index (χ4v) is 3.98. The van der Waals surface area contributed by atoms with E-state index in [-0.39, 0.29) is 29.4 Å². The maximum atomic E-state index is 12.4. The van der Waals surface area contributed by atoms with Crippen molar-refractivity contribution in [1.29, 1.82) is 0 Å². The van der Waals surface area contributed by atoms with Crippen molar-refractivity contribution in [3.05, 3.63) is 11.3 Å². The fourth-order valence-electron chi connectivity index (χ4n) is 2.65. The van der Waals surface area contributed by atoms with Gasteiger partial charge in [-0.3, -0.25) is 19.3 Å². The summed E-state index contributed by atoms with van der Waals surface area (Å²) in [6, 6.07) is -0.906. The number of nitrogens with zero attached hydrogens (tertiary/aromatic N) is 1. The van der Waals surface area contributed by atoms with Crippen molar-refractivity contribution in [2.45, 2.75) is 51.1 Å². The molecule has 0 saturated carbocycles. The number of amides is 2. The van der Waals surface area contributed by atoms with E-state index in [4.69, 9.17) is 9.47 Å². The van der Waals surface area contributed by atoms with Crippen LogP contribution in [0.4, 0.5) is 4.79 Å². The van der Waals surface area contributed by atoms with E-state index in [2.05, 4.69) is 5.32 Å². The number of esters is 1. The number of rotatable bonds is 6. The van der Waals surface area contributed by atoms with Gasteiger partial charge >= 0.3 is 18.0 Å². The maximum absolute atomic E-state index is 12.4. The Bertz CT molecular complexity index is 755. The Morgan fingerprint density at radius 1 is 1.29 bits per heavy atom. The molecule has 2 rings (SSSR count). The van der Waals surface area contributed by atoms with Crippen LogP contribution in [0.15, 0.2) is 11.3 Å². The molecule has 0 unspecified atom stereocenters. The highest BCUT2D eigenvalue weighted by Gasteiger charge is 2.54. The smallest absolute Gasteiger partial charge is 0.408 e. The molecule has 1 saturated heterocycles. The molecule has 0 aromatic rings. The number of nitrogens with one attached hydrogen (secondary N) is 1. The molecule has 0 radical (unpaired) electrons. The monoisotopic (exact) mass is 414 g/mol.